The Morgan fingerprint density at radius 1 is 1.15 bits per heavy atom. The highest BCUT2D eigenvalue weighted by atomic mass is 16.5. The highest BCUT2D eigenvalue weighted by Gasteiger charge is 2.21. The summed E-state index contributed by atoms with van der Waals surface area (Å²) in [5, 5.41) is 3.69. The number of rotatable bonds is 5. The Hall–Kier alpha value is -1.26. The Bertz CT molecular complexity index is 428. The maximum atomic E-state index is 5.96. The lowest BCUT2D eigenvalue weighted by molar-refractivity contribution is 0.317. The van der Waals surface area contributed by atoms with Crippen LogP contribution >= 0.6 is 0 Å². The van der Waals surface area contributed by atoms with Crippen molar-refractivity contribution in [1.29, 1.82) is 0 Å². The zero-order chi connectivity index (χ0) is 14.5. The molecule has 1 atom stereocenters. The Labute approximate surface area is 121 Å². The third kappa shape index (κ3) is 3.64. The number of nitrogens with one attached hydrogen (secondary N) is 1. The van der Waals surface area contributed by atoms with E-state index in [2.05, 4.69) is 12.2 Å². The standard InChI is InChI=1S/C16H26N2O2/c1-11(18-13-6-4-12(17)5-7-13)15-10-14(19-2)8-9-16(15)20-3/h8-13,18H,4-7,17H2,1-3H3. The summed E-state index contributed by atoms with van der Waals surface area (Å²) in [4.78, 5) is 0. The molecule has 0 spiro atoms. The fourth-order valence-electron chi connectivity index (χ4n) is 2.91. The minimum Gasteiger partial charge on any atom is -0.497 e. The maximum absolute atomic E-state index is 5.96. The molecule has 4 heteroatoms. The predicted molar refractivity (Wildman–Crippen MR) is 81.3 cm³/mol. The molecule has 4 nitrogen and oxygen atoms in total. The van der Waals surface area contributed by atoms with Gasteiger partial charge in [0.25, 0.3) is 0 Å². The van der Waals surface area contributed by atoms with E-state index < -0.39 is 0 Å². The van der Waals surface area contributed by atoms with E-state index in [1.807, 2.05) is 18.2 Å². The van der Waals surface area contributed by atoms with E-state index >= 15 is 0 Å². The first kappa shape index (κ1) is 15.1. The smallest absolute Gasteiger partial charge is 0.123 e. The molecule has 1 fully saturated rings. The molecule has 0 heterocycles. The van der Waals surface area contributed by atoms with Gasteiger partial charge in [0, 0.05) is 23.7 Å². The summed E-state index contributed by atoms with van der Waals surface area (Å²) in [6.07, 6.45) is 4.52. The Kier molecular flexibility index (Phi) is 5.26. The van der Waals surface area contributed by atoms with Gasteiger partial charge in [0.05, 0.1) is 14.2 Å². The minimum absolute atomic E-state index is 0.236. The van der Waals surface area contributed by atoms with Gasteiger partial charge in [0.1, 0.15) is 11.5 Å². The second-order valence-corrected chi connectivity index (χ2v) is 5.61. The number of hydrogen-bond acceptors (Lipinski definition) is 4. The van der Waals surface area contributed by atoms with Crippen molar-refractivity contribution in [3.8, 4) is 11.5 Å². The number of ether oxygens (including phenoxy) is 2. The molecule has 1 aliphatic carbocycles. The first-order chi connectivity index (χ1) is 9.63. The van der Waals surface area contributed by atoms with Gasteiger partial charge in [0.15, 0.2) is 0 Å². The van der Waals surface area contributed by atoms with Gasteiger partial charge >= 0.3 is 0 Å². The van der Waals surface area contributed by atoms with Crippen molar-refractivity contribution < 1.29 is 9.47 Å². The molecule has 2 rings (SSSR count). The first-order valence-electron chi connectivity index (χ1n) is 7.37. The highest BCUT2D eigenvalue weighted by Crippen LogP contribution is 2.30. The highest BCUT2D eigenvalue weighted by molar-refractivity contribution is 5.42. The Morgan fingerprint density at radius 3 is 2.45 bits per heavy atom. The van der Waals surface area contributed by atoms with Gasteiger partial charge < -0.3 is 20.5 Å². The molecule has 1 aromatic carbocycles. The third-order valence-electron chi connectivity index (χ3n) is 4.16. The van der Waals surface area contributed by atoms with Crippen molar-refractivity contribution in [3.05, 3.63) is 23.8 Å². The van der Waals surface area contributed by atoms with Crippen LogP contribution in [0.4, 0.5) is 0 Å². The molecule has 1 aromatic rings. The summed E-state index contributed by atoms with van der Waals surface area (Å²) in [5.74, 6) is 1.76. The molecule has 0 saturated heterocycles. The molecule has 0 aromatic heterocycles. The van der Waals surface area contributed by atoms with Crippen LogP contribution in [-0.2, 0) is 0 Å². The molecule has 1 unspecified atom stereocenters. The molecule has 0 radical (unpaired) electrons. The van der Waals surface area contributed by atoms with Gasteiger partial charge in [-0.15, -0.1) is 0 Å². The van der Waals surface area contributed by atoms with Crippen molar-refractivity contribution in [2.75, 3.05) is 14.2 Å². The van der Waals surface area contributed by atoms with E-state index in [4.69, 9.17) is 15.2 Å². The normalized spacial score (nSPS) is 24.2. The van der Waals surface area contributed by atoms with E-state index in [9.17, 15) is 0 Å². The molecule has 112 valence electrons. The molecule has 1 saturated carbocycles. The van der Waals surface area contributed by atoms with Crippen molar-refractivity contribution in [2.24, 2.45) is 5.73 Å². The van der Waals surface area contributed by atoms with E-state index in [1.165, 1.54) is 0 Å². The second-order valence-electron chi connectivity index (χ2n) is 5.61. The zero-order valence-electron chi connectivity index (χ0n) is 12.7. The minimum atomic E-state index is 0.236. The monoisotopic (exact) mass is 278 g/mol. The lowest BCUT2D eigenvalue weighted by atomic mass is 9.91. The van der Waals surface area contributed by atoms with Crippen LogP contribution in [0.2, 0.25) is 0 Å². The fourth-order valence-corrected chi connectivity index (χ4v) is 2.91. The van der Waals surface area contributed by atoms with Gasteiger partial charge in [-0.05, 0) is 50.8 Å². The van der Waals surface area contributed by atoms with E-state index in [0.29, 0.717) is 12.1 Å². The third-order valence-corrected chi connectivity index (χ3v) is 4.16. The molecule has 3 N–H and O–H groups in total. The van der Waals surface area contributed by atoms with Crippen LogP contribution in [0.1, 0.15) is 44.2 Å². The summed E-state index contributed by atoms with van der Waals surface area (Å²) in [7, 11) is 3.39. The van der Waals surface area contributed by atoms with Crippen molar-refractivity contribution >= 4 is 0 Å². The number of hydrogen-bond donors (Lipinski definition) is 2. The first-order valence-corrected chi connectivity index (χ1v) is 7.37. The molecule has 0 aliphatic heterocycles. The second kappa shape index (κ2) is 6.95. The number of methoxy groups -OCH3 is 2. The number of nitrogens with two attached hydrogens (primary N) is 1. The van der Waals surface area contributed by atoms with Crippen LogP contribution in [0.3, 0.4) is 0 Å². The van der Waals surface area contributed by atoms with Gasteiger partial charge in [-0.1, -0.05) is 0 Å². The molecular weight excluding hydrogens is 252 g/mol. The van der Waals surface area contributed by atoms with Crippen LogP contribution in [0.25, 0.3) is 0 Å². The topological polar surface area (TPSA) is 56.5 Å². The van der Waals surface area contributed by atoms with Crippen molar-refractivity contribution in [2.45, 2.75) is 50.7 Å². The van der Waals surface area contributed by atoms with Gasteiger partial charge in [0.2, 0.25) is 0 Å². The molecule has 20 heavy (non-hydrogen) atoms. The SMILES string of the molecule is COc1ccc(OC)c(C(C)NC2CCC(N)CC2)c1. The summed E-state index contributed by atoms with van der Waals surface area (Å²) in [6.45, 7) is 2.17. The van der Waals surface area contributed by atoms with Crippen LogP contribution in [0.15, 0.2) is 18.2 Å². The van der Waals surface area contributed by atoms with E-state index in [0.717, 1.165) is 42.7 Å². The van der Waals surface area contributed by atoms with Gasteiger partial charge in [-0.2, -0.15) is 0 Å². The molecule has 0 bridgehead atoms. The van der Waals surface area contributed by atoms with Crippen molar-refractivity contribution in [3.63, 3.8) is 0 Å². The van der Waals surface area contributed by atoms with Crippen LogP contribution < -0.4 is 20.5 Å². The zero-order valence-corrected chi connectivity index (χ0v) is 12.7. The average molecular weight is 278 g/mol. The molecule has 0 amide bonds. The van der Waals surface area contributed by atoms with E-state index in [1.54, 1.807) is 14.2 Å². The summed E-state index contributed by atoms with van der Waals surface area (Å²) in [5.41, 5.74) is 7.10. The maximum Gasteiger partial charge on any atom is 0.123 e. The largest absolute Gasteiger partial charge is 0.497 e. The average Bonchev–Trinajstić information content (AvgIpc) is 2.48. The van der Waals surface area contributed by atoms with Crippen molar-refractivity contribution in [1.82, 2.24) is 5.32 Å². The lowest BCUT2D eigenvalue weighted by Gasteiger charge is -2.30. The summed E-state index contributed by atoms with van der Waals surface area (Å²) in [6, 6.07) is 7.10. The lowest BCUT2D eigenvalue weighted by Crippen LogP contribution is -2.38. The summed E-state index contributed by atoms with van der Waals surface area (Å²) >= 11 is 0. The quantitative estimate of drug-likeness (QED) is 0.869. The predicted octanol–water partition coefficient (Wildman–Crippen LogP) is 2.62. The molecule has 1 aliphatic rings. The van der Waals surface area contributed by atoms with Crippen LogP contribution in [-0.4, -0.2) is 26.3 Å². The fraction of sp³-hybridized carbons (Fsp3) is 0.625. The Balaban J connectivity index is 2.05. The van der Waals surface area contributed by atoms with Gasteiger partial charge in [-0.3, -0.25) is 0 Å². The van der Waals surface area contributed by atoms with Gasteiger partial charge in [-0.25, -0.2) is 0 Å². The Morgan fingerprint density at radius 2 is 1.85 bits per heavy atom. The van der Waals surface area contributed by atoms with E-state index in [-0.39, 0.29) is 6.04 Å². The molecular formula is C16H26N2O2. The summed E-state index contributed by atoms with van der Waals surface area (Å²) < 4.78 is 10.8. The number of benzene rings is 1. The van der Waals surface area contributed by atoms with Crippen LogP contribution in [0.5, 0.6) is 11.5 Å². The van der Waals surface area contributed by atoms with Crippen LogP contribution in [0, 0.1) is 0 Å².